The summed E-state index contributed by atoms with van der Waals surface area (Å²) in [6.45, 7) is 7.40. The van der Waals surface area contributed by atoms with Crippen molar-refractivity contribution in [2.45, 2.75) is 26.0 Å². The largest absolute Gasteiger partial charge is 0.491 e. The van der Waals surface area contributed by atoms with Gasteiger partial charge in [-0.25, -0.2) is 14.8 Å². The monoisotopic (exact) mass is 756 g/mol. The van der Waals surface area contributed by atoms with Crippen LogP contribution in [0.2, 0.25) is 5.02 Å². The highest BCUT2D eigenvalue weighted by molar-refractivity contribution is 7.22. The minimum atomic E-state index is -1.11. The molecule has 0 saturated carbocycles. The van der Waals surface area contributed by atoms with Crippen LogP contribution < -0.4 is 14.8 Å². The fourth-order valence-corrected chi connectivity index (χ4v) is 7.68. The molecule has 1 aliphatic heterocycles. The van der Waals surface area contributed by atoms with Gasteiger partial charge in [0.1, 0.15) is 53.5 Å². The van der Waals surface area contributed by atoms with Gasteiger partial charge in [-0.1, -0.05) is 41.9 Å². The van der Waals surface area contributed by atoms with Crippen molar-refractivity contribution < 1.29 is 28.2 Å². The van der Waals surface area contributed by atoms with Crippen LogP contribution in [0.4, 0.5) is 10.2 Å². The van der Waals surface area contributed by atoms with Crippen molar-refractivity contribution in [3.8, 4) is 33.3 Å². The number of piperazine rings is 1. The third kappa shape index (κ3) is 8.28. The summed E-state index contributed by atoms with van der Waals surface area (Å²) in [6.07, 6.45) is 3.15. The zero-order valence-electron chi connectivity index (χ0n) is 29.2. The van der Waals surface area contributed by atoms with E-state index in [1.807, 2.05) is 55.5 Å². The Hall–Kier alpha value is -5.08. The first kappa shape index (κ1) is 36.3. The Morgan fingerprint density at radius 2 is 1.83 bits per heavy atom. The average molecular weight is 757 g/mol. The molecular formula is C39H38ClFN6O5S. The number of thiophene rings is 1. The van der Waals surface area contributed by atoms with E-state index in [0.717, 1.165) is 49.5 Å². The Balaban J connectivity index is 1.21. The topological polar surface area (TPSA) is 126 Å². The molecule has 0 amide bonds. The number of nitrogens with zero attached hydrogens (tertiary/aromatic N) is 5. The second-order valence-corrected chi connectivity index (χ2v) is 14.2. The molecule has 0 spiro atoms. The zero-order chi connectivity index (χ0) is 36.9. The third-order valence-electron chi connectivity index (χ3n) is 9.27. The van der Waals surface area contributed by atoms with Gasteiger partial charge in [0.2, 0.25) is 0 Å². The summed E-state index contributed by atoms with van der Waals surface area (Å²) in [5.74, 6) is 0.605. The lowest BCUT2D eigenvalue weighted by molar-refractivity contribution is -0.137. The number of carboxylic acid groups (broad SMARTS) is 1. The molecule has 6 aromatic rings. The van der Waals surface area contributed by atoms with Gasteiger partial charge >= 0.3 is 5.97 Å². The number of rotatable bonds is 14. The van der Waals surface area contributed by atoms with Crippen LogP contribution in [0.3, 0.4) is 0 Å². The first-order valence-electron chi connectivity index (χ1n) is 17.2. The van der Waals surface area contributed by atoms with Gasteiger partial charge in [-0.15, -0.1) is 11.3 Å². The molecule has 7 rings (SSSR count). The number of nitrogens with one attached hydrogen (secondary N) is 1. The predicted molar refractivity (Wildman–Crippen MR) is 203 cm³/mol. The SMILES string of the molecule is Cc1c(-c2c(-c3ccc(F)o3)sc3ncnc(NC(Cc4ccccc4OCc4ccccn4)C(=O)O)c23)ccc(OCCN2CCN(C)CC2)c1Cl. The van der Waals surface area contributed by atoms with Gasteiger partial charge in [-0.3, -0.25) is 9.88 Å². The van der Waals surface area contributed by atoms with E-state index in [1.165, 1.54) is 23.7 Å². The summed E-state index contributed by atoms with van der Waals surface area (Å²) >= 11 is 8.27. The number of halogens is 2. The number of aromatic nitrogens is 3. The van der Waals surface area contributed by atoms with E-state index in [2.05, 4.69) is 37.1 Å². The third-order valence-corrected chi connectivity index (χ3v) is 10.9. The molecule has 2 aromatic carbocycles. The molecule has 2 N–H and O–H groups in total. The number of ether oxygens (including phenoxy) is 2. The molecule has 0 aliphatic carbocycles. The molecule has 4 aromatic heterocycles. The van der Waals surface area contributed by atoms with Gasteiger partial charge in [0.25, 0.3) is 6.01 Å². The Morgan fingerprint density at radius 1 is 1.02 bits per heavy atom. The predicted octanol–water partition coefficient (Wildman–Crippen LogP) is 7.43. The summed E-state index contributed by atoms with van der Waals surface area (Å²) in [7, 11) is 2.13. The second-order valence-electron chi connectivity index (χ2n) is 12.8. The molecule has 11 nitrogen and oxygen atoms in total. The summed E-state index contributed by atoms with van der Waals surface area (Å²) in [4.78, 5) is 32.0. The van der Waals surface area contributed by atoms with Crippen LogP contribution in [0.5, 0.6) is 11.5 Å². The minimum Gasteiger partial charge on any atom is -0.491 e. The molecule has 1 fully saturated rings. The lowest BCUT2D eigenvalue weighted by Gasteiger charge is -2.32. The van der Waals surface area contributed by atoms with Crippen LogP contribution in [0.15, 0.2) is 83.7 Å². The van der Waals surface area contributed by atoms with Crippen molar-refractivity contribution in [3.63, 3.8) is 0 Å². The fourth-order valence-electron chi connectivity index (χ4n) is 6.34. The number of fused-ring (bicyclic) bond motifs is 1. The number of hydrogen-bond acceptors (Lipinski definition) is 11. The van der Waals surface area contributed by atoms with Crippen LogP contribution in [-0.4, -0.2) is 88.2 Å². The van der Waals surface area contributed by atoms with Gasteiger partial charge in [0.15, 0.2) is 0 Å². The molecule has 1 saturated heterocycles. The van der Waals surface area contributed by atoms with Crippen molar-refractivity contribution in [1.29, 1.82) is 0 Å². The van der Waals surface area contributed by atoms with Gasteiger partial charge in [-0.2, -0.15) is 4.39 Å². The first-order chi connectivity index (χ1) is 25.7. The molecule has 1 atom stereocenters. The number of likely N-dealkylation sites (N-methyl/N-ethyl adjacent to an activating group) is 1. The van der Waals surface area contributed by atoms with Gasteiger partial charge < -0.3 is 29.2 Å². The number of furan rings is 1. The minimum absolute atomic E-state index is 0.0833. The number of carboxylic acids is 1. The van der Waals surface area contributed by atoms with E-state index in [9.17, 15) is 14.3 Å². The standard InChI is InChI=1S/C39H38ClFN6O5S/c1-24-27(10-11-30(35(24)40)50-20-19-47-17-15-46(2)16-18-47)33-34-37(43-23-44-38(34)53-36(33)31-12-13-32(41)52-31)45-28(39(48)49)21-25-7-3-4-9-29(25)51-22-26-8-5-6-14-42-26/h3-14,23,28H,15-22H2,1-2H3,(H,48,49)(H,43,44,45). The molecule has 1 unspecified atom stereocenters. The lowest BCUT2D eigenvalue weighted by atomic mass is 9.97. The maximum atomic E-state index is 14.3. The number of para-hydroxylation sites is 1. The smallest absolute Gasteiger partial charge is 0.326 e. The highest BCUT2D eigenvalue weighted by atomic mass is 35.5. The highest BCUT2D eigenvalue weighted by Gasteiger charge is 2.28. The second kappa shape index (κ2) is 16.3. The van der Waals surface area contributed by atoms with E-state index < -0.39 is 18.0 Å². The number of benzene rings is 2. The quantitative estimate of drug-likeness (QED) is 0.115. The van der Waals surface area contributed by atoms with E-state index in [1.54, 1.807) is 18.3 Å². The summed E-state index contributed by atoms with van der Waals surface area (Å²) in [5, 5.41) is 14.6. The van der Waals surface area contributed by atoms with Crippen LogP contribution in [0.1, 0.15) is 16.8 Å². The van der Waals surface area contributed by atoms with E-state index in [-0.39, 0.29) is 13.0 Å². The number of hydrogen-bond donors (Lipinski definition) is 2. The lowest BCUT2D eigenvalue weighted by Crippen LogP contribution is -2.45. The molecule has 0 radical (unpaired) electrons. The molecule has 0 bridgehead atoms. The first-order valence-corrected chi connectivity index (χ1v) is 18.4. The Bertz CT molecular complexity index is 2210. The number of pyridine rings is 1. The summed E-state index contributed by atoms with van der Waals surface area (Å²) in [5.41, 5.74) is 3.51. The number of aliphatic carboxylic acids is 1. The van der Waals surface area contributed by atoms with E-state index in [4.69, 9.17) is 25.5 Å². The molecular weight excluding hydrogens is 719 g/mol. The number of anilines is 1. The van der Waals surface area contributed by atoms with Crippen molar-refractivity contribution >= 4 is 44.9 Å². The normalized spacial score (nSPS) is 14.3. The maximum Gasteiger partial charge on any atom is 0.326 e. The highest BCUT2D eigenvalue weighted by Crippen LogP contribution is 2.49. The fraction of sp³-hybridized carbons (Fsp3) is 0.282. The Morgan fingerprint density at radius 3 is 2.58 bits per heavy atom. The van der Waals surface area contributed by atoms with Gasteiger partial charge in [0.05, 0.1) is 21.0 Å². The van der Waals surface area contributed by atoms with Crippen molar-refractivity contribution in [2.75, 3.05) is 51.7 Å². The van der Waals surface area contributed by atoms with Crippen LogP contribution >= 0.6 is 22.9 Å². The molecule has 53 heavy (non-hydrogen) atoms. The number of carbonyl (C=O) groups is 1. The summed E-state index contributed by atoms with van der Waals surface area (Å²) in [6, 6.07) is 17.6. The Kier molecular flexibility index (Phi) is 11.2. The Labute approximate surface area is 315 Å². The van der Waals surface area contributed by atoms with Crippen molar-refractivity contribution in [3.05, 3.63) is 107 Å². The molecule has 14 heteroatoms. The van der Waals surface area contributed by atoms with Gasteiger partial charge in [-0.05, 0) is 61.0 Å². The van der Waals surface area contributed by atoms with Crippen LogP contribution in [0, 0.1) is 12.9 Å². The van der Waals surface area contributed by atoms with Crippen molar-refractivity contribution in [1.82, 2.24) is 24.8 Å². The van der Waals surface area contributed by atoms with E-state index in [0.29, 0.717) is 60.9 Å². The van der Waals surface area contributed by atoms with Crippen molar-refractivity contribution in [2.24, 2.45) is 0 Å². The van der Waals surface area contributed by atoms with E-state index >= 15 is 0 Å². The van der Waals surface area contributed by atoms with Crippen LogP contribution in [0.25, 0.3) is 32.0 Å². The molecule has 274 valence electrons. The zero-order valence-corrected chi connectivity index (χ0v) is 30.8. The van der Waals surface area contributed by atoms with Gasteiger partial charge in [0, 0.05) is 57.0 Å². The summed E-state index contributed by atoms with van der Waals surface area (Å²) < 4.78 is 32.0. The molecule has 5 heterocycles. The molecule has 1 aliphatic rings. The van der Waals surface area contributed by atoms with Crippen LogP contribution in [-0.2, 0) is 17.8 Å². The maximum absolute atomic E-state index is 14.3. The average Bonchev–Trinajstić information content (AvgIpc) is 3.78.